The molecule has 30 heavy (non-hydrogen) atoms. The normalized spacial score (nSPS) is 13.2. The van der Waals surface area contributed by atoms with E-state index in [4.69, 9.17) is 9.57 Å². The van der Waals surface area contributed by atoms with Crippen LogP contribution in [0, 0.1) is 5.82 Å². The molecule has 1 N–H and O–H groups in total. The van der Waals surface area contributed by atoms with Crippen molar-refractivity contribution in [3.05, 3.63) is 99.7 Å². The molecule has 1 aromatic heterocycles. The van der Waals surface area contributed by atoms with Gasteiger partial charge < -0.3 is 14.9 Å². The Hall–Kier alpha value is -3.12. The van der Waals surface area contributed by atoms with E-state index in [-0.39, 0.29) is 18.0 Å². The van der Waals surface area contributed by atoms with Gasteiger partial charge in [0.25, 0.3) is 5.56 Å². The van der Waals surface area contributed by atoms with Crippen molar-refractivity contribution >= 4 is 0 Å². The molecule has 1 heterocycles. The van der Waals surface area contributed by atoms with E-state index in [0.717, 1.165) is 30.1 Å². The Bertz CT molecular complexity index is 1010. The number of benzene rings is 2. The molecule has 1 aliphatic rings. The van der Waals surface area contributed by atoms with E-state index in [1.165, 1.54) is 41.3 Å². The Morgan fingerprint density at radius 2 is 1.60 bits per heavy atom. The molecular weight excluding hydrogens is 383 g/mol. The Labute approximate surface area is 175 Å². The summed E-state index contributed by atoms with van der Waals surface area (Å²) in [6.07, 6.45) is 5.16. The third-order valence-electron chi connectivity index (χ3n) is 4.99. The van der Waals surface area contributed by atoms with Gasteiger partial charge in [0.15, 0.2) is 0 Å². The van der Waals surface area contributed by atoms with Crippen LogP contribution in [0.5, 0.6) is 5.75 Å². The van der Waals surface area contributed by atoms with Gasteiger partial charge >= 0.3 is 0 Å². The van der Waals surface area contributed by atoms with Crippen LogP contribution in [0.25, 0.3) is 0 Å². The van der Waals surface area contributed by atoms with E-state index in [0.29, 0.717) is 12.4 Å². The molecule has 5 nitrogen and oxygen atoms in total. The molecule has 0 unspecified atom stereocenters. The van der Waals surface area contributed by atoms with E-state index < -0.39 is 0 Å². The summed E-state index contributed by atoms with van der Waals surface area (Å²) < 4.78 is 19.7. The topological polar surface area (TPSA) is 52.5 Å². The van der Waals surface area contributed by atoms with Gasteiger partial charge in [-0.05, 0) is 54.6 Å². The van der Waals surface area contributed by atoms with E-state index >= 15 is 0 Å². The molecule has 0 saturated heterocycles. The lowest BCUT2D eigenvalue weighted by Crippen LogP contribution is -2.25. The number of nitrogens with zero attached hydrogens (tertiary/aromatic N) is 1. The average Bonchev–Trinajstić information content (AvgIpc) is 3.58. The zero-order valence-corrected chi connectivity index (χ0v) is 16.7. The van der Waals surface area contributed by atoms with Gasteiger partial charge in [0.2, 0.25) is 0 Å². The summed E-state index contributed by atoms with van der Waals surface area (Å²) in [5.74, 6) is 0.145. The number of ether oxygens (including phenoxy) is 1. The Morgan fingerprint density at radius 3 is 2.30 bits per heavy atom. The first-order valence-corrected chi connectivity index (χ1v) is 10.2. The fourth-order valence-corrected chi connectivity index (χ4v) is 3.05. The van der Waals surface area contributed by atoms with Crippen molar-refractivity contribution < 1.29 is 14.0 Å². The second-order valence-corrected chi connectivity index (χ2v) is 7.51. The number of halogens is 1. The highest BCUT2D eigenvalue weighted by atomic mass is 19.1. The summed E-state index contributed by atoms with van der Waals surface area (Å²) in [7, 11) is 0. The van der Waals surface area contributed by atoms with Crippen LogP contribution < -0.4 is 20.5 Å². The molecule has 0 spiro atoms. The lowest BCUT2D eigenvalue weighted by Gasteiger charge is -2.11. The van der Waals surface area contributed by atoms with Crippen molar-refractivity contribution in [2.24, 2.45) is 0 Å². The Balaban J connectivity index is 1.25. The molecule has 0 atom stereocenters. The zero-order chi connectivity index (χ0) is 20.8. The minimum atomic E-state index is -0.311. The Morgan fingerprint density at radius 1 is 0.933 bits per heavy atom. The van der Waals surface area contributed by atoms with Crippen molar-refractivity contribution in [1.82, 2.24) is 10.0 Å². The van der Waals surface area contributed by atoms with Crippen molar-refractivity contribution in [3.63, 3.8) is 0 Å². The minimum absolute atomic E-state index is 0.257. The van der Waals surface area contributed by atoms with Crippen LogP contribution in [0.1, 0.15) is 29.5 Å². The van der Waals surface area contributed by atoms with Gasteiger partial charge in [-0.2, -0.15) is 4.73 Å². The number of hydrogen-bond donors (Lipinski definition) is 1. The molecule has 4 rings (SSSR count). The van der Waals surface area contributed by atoms with Crippen molar-refractivity contribution in [2.75, 3.05) is 6.54 Å². The first-order valence-electron chi connectivity index (χ1n) is 10.2. The fourth-order valence-electron chi connectivity index (χ4n) is 3.05. The van der Waals surface area contributed by atoms with Gasteiger partial charge in [-0.15, -0.1) is 0 Å². The molecule has 0 aliphatic heterocycles. The lowest BCUT2D eigenvalue weighted by atomic mass is 10.1. The highest BCUT2D eigenvalue weighted by Gasteiger charge is 2.19. The number of nitrogens with one attached hydrogen (secondary N) is 1. The summed E-state index contributed by atoms with van der Waals surface area (Å²) in [5, 5.41) is 3.51. The summed E-state index contributed by atoms with van der Waals surface area (Å²) >= 11 is 0. The second kappa shape index (κ2) is 9.59. The maximum atomic E-state index is 12.9. The highest BCUT2D eigenvalue weighted by Crippen LogP contribution is 2.18. The van der Waals surface area contributed by atoms with E-state index in [2.05, 4.69) is 17.4 Å². The van der Waals surface area contributed by atoms with Crippen LogP contribution in [0.3, 0.4) is 0 Å². The largest absolute Gasteiger partial charge is 0.489 e. The van der Waals surface area contributed by atoms with Gasteiger partial charge in [-0.25, -0.2) is 4.39 Å². The fraction of sp³-hybridized carbons (Fsp3) is 0.292. The van der Waals surface area contributed by atoms with Crippen LogP contribution in [0.4, 0.5) is 4.39 Å². The second-order valence-electron chi connectivity index (χ2n) is 7.51. The van der Waals surface area contributed by atoms with E-state index in [1.807, 2.05) is 12.1 Å². The monoisotopic (exact) mass is 408 g/mol. The quantitative estimate of drug-likeness (QED) is 0.558. The SMILES string of the molecule is O=c1cc(OCc2ccc(F)cc2)ccn1OCc1ccc(CCNC2CC2)cc1. The van der Waals surface area contributed by atoms with Crippen LogP contribution in [0.15, 0.2) is 71.7 Å². The third kappa shape index (κ3) is 5.94. The molecular formula is C24H25FN2O3. The number of rotatable bonds is 10. The highest BCUT2D eigenvalue weighted by molar-refractivity contribution is 5.23. The van der Waals surface area contributed by atoms with Gasteiger partial charge in [0.05, 0.1) is 6.20 Å². The van der Waals surface area contributed by atoms with E-state index in [9.17, 15) is 9.18 Å². The van der Waals surface area contributed by atoms with Gasteiger partial charge in [-0.1, -0.05) is 36.4 Å². The average molecular weight is 408 g/mol. The predicted molar refractivity (Wildman–Crippen MR) is 113 cm³/mol. The van der Waals surface area contributed by atoms with Crippen molar-refractivity contribution in [1.29, 1.82) is 0 Å². The Kier molecular flexibility index (Phi) is 6.44. The molecule has 1 fully saturated rings. The lowest BCUT2D eigenvalue weighted by molar-refractivity contribution is 0.0884. The van der Waals surface area contributed by atoms with Crippen LogP contribution >= 0.6 is 0 Å². The summed E-state index contributed by atoms with van der Waals surface area (Å²) in [6, 6.07) is 18.1. The van der Waals surface area contributed by atoms with Crippen molar-refractivity contribution in [2.45, 2.75) is 38.5 Å². The smallest absolute Gasteiger partial charge is 0.286 e. The number of hydrogen-bond acceptors (Lipinski definition) is 4. The number of aromatic nitrogens is 1. The van der Waals surface area contributed by atoms with Crippen molar-refractivity contribution in [3.8, 4) is 5.75 Å². The zero-order valence-electron chi connectivity index (χ0n) is 16.7. The van der Waals surface area contributed by atoms with Crippen LogP contribution in [0.2, 0.25) is 0 Å². The first kappa shape index (κ1) is 20.2. The maximum absolute atomic E-state index is 12.9. The molecule has 6 heteroatoms. The standard InChI is InChI=1S/C24H25FN2O3/c25-21-7-5-19(6-8-21)16-29-23-12-14-27(24(28)15-23)30-17-20-3-1-18(2-4-20)11-13-26-22-9-10-22/h1-8,12,14-15,22,26H,9-11,13,16-17H2. The molecule has 156 valence electrons. The minimum Gasteiger partial charge on any atom is -0.489 e. The first-order chi connectivity index (χ1) is 14.7. The van der Waals surface area contributed by atoms with E-state index in [1.54, 1.807) is 24.4 Å². The summed E-state index contributed by atoms with van der Waals surface area (Å²) in [5.41, 5.74) is 2.79. The molecule has 1 saturated carbocycles. The van der Waals surface area contributed by atoms with Gasteiger partial charge in [-0.3, -0.25) is 4.79 Å². The van der Waals surface area contributed by atoms with Gasteiger partial charge in [0.1, 0.15) is 24.8 Å². The summed E-state index contributed by atoms with van der Waals surface area (Å²) in [6.45, 7) is 1.56. The molecule has 0 bridgehead atoms. The number of pyridine rings is 1. The molecule has 2 aromatic carbocycles. The predicted octanol–water partition coefficient (Wildman–Crippen LogP) is 3.49. The summed E-state index contributed by atoms with van der Waals surface area (Å²) in [4.78, 5) is 17.9. The van der Waals surface area contributed by atoms with Crippen LogP contribution in [-0.4, -0.2) is 17.3 Å². The van der Waals surface area contributed by atoms with Crippen LogP contribution in [-0.2, 0) is 19.6 Å². The van der Waals surface area contributed by atoms with Gasteiger partial charge in [0, 0.05) is 18.2 Å². The molecule has 3 aromatic rings. The third-order valence-corrected chi connectivity index (χ3v) is 4.99. The molecule has 0 radical (unpaired) electrons. The maximum Gasteiger partial charge on any atom is 0.286 e. The molecule has 1 aliphatic carbocycles. The molecule has 0 amide bonds.